The lowest BCUT2D eigenvalue weighted by Crippen LogP contribution is -2.08. The Hall–Kier alpha value is -2.71. The van der Waals surface area contributed by atoms with E-state index in [0.717, 1.165) is 16.9 Å². The van der Waals surface area contributed by atoms with Crippen molar-refractivity contribution in [1.29, 1.82) is 0 Å². The van der Waals surface area contributed by atoms with E-state index in [-0.39, 0.29) is 17.0 Å². The summed E-state index contributed by atoms with van der Waals surface area (Å²) in [7, 11) is 0. The molecular weight excluding hydrogens is 291 g/mol. The van der Waals surface area contributed by atoms with Gasteiger partial charge >= 0.3 is 6.18 Å². The van der Waals surface area contributed by atoms with Gasteiger partial charge in [0.05, 0.1) is 4.92 Å². The second kappa shape index (κ2) is 5.00. The third kappa shape index (κ3) is 2.91. The van der Waals surface area contributed by atoms with Gasteiger partial charge < -0.3 is 0 Å². The number of nitro groups is 1. The Balaban J connectivity index is 2.56. The van der Waals surface area contributed by atoms with Gasteiger partial charge in [-0.2, -0.15) is 18.3 Å². The van der Waals surface area contributed by atoms with Crippen LogP contribution in [0.4, 0.5) is 18.9 Å². The molecule has 9 heteroatoms. The van der Waals surface area contributed by atoms with Crippen molar-refractivity contribution in [1.82, 2.24) is 9.78 Å². The number of aromatic nitrogens is 2. The Morgan fingerprint density at radius 2 is 2.00 bits per heavy atom. The van der Waals surface area contributed by atoms with E-state index in [2.05, 4.69) is 5.10 Å². The maximum atomic E-state index is 12.5. The largest absolute Gasteiger partial charge is 0.435 e. The fourth-order valence-corrected chi connectivity index (χ4v) is 1.69. The molecule has 21 heavy (non-hydrogen) atoms. The topological polar surface area (TPSA) is 78.0 Å². The van der Waals surface area contributed by atoms with Gasteiger partial charge in [-0.25, -0.2) is 4.68 Å². The van der Waals surface area contributed by atoms with Crippen LogP contribution in [0.15, 0.2) is 30.5 Å². The molecule has 0 aliphatic heterocycles. The first kappa shape index (κ1) is 14.7. The predicted octanol–water partition coefficient (Wildman–Crippen LogP) is 3.00. The fourth-order valence-electron chi connectivity index (χ4n) is 1.69. The van der Waals surface area contributed by atoms with Crippen LogP contribution in [-0.4, -0.2) is 20.5 Å². The molecule has 1 aromatic carbocycles. The van der Waals surface area contributed by atoms with E-state index in [1.807, 2.05) is 0 Å². The van der Waals surface area contributed by atoms with Crippen LogP contribution < -0.4 is 0 Å². The van der Waals surface area contributed by atoms with Crippen LogP contribution in [0.5, 0.6) is 0 Å². The average molecular weight is 299 g/mol. The molecule has 0 aliphatic carbocycles. The first-order valence-electron chi connectivity index (χ1n) is 5.63. The normalized spacial score (nSPS) is 11.4. The molecule has 0 amide bonds. The first-order valence-corrected chi connectivity index (χ1v) is 5.63. The Kier molecular flexibility index (Phi) is 3.50. The number of benzene rings is 1. The van der Waals surface area contributed by atoms with E-state index >= 15 is 0 Å². The van der Waals surface area contributed by atoms with Crippen molar-refractivity contribution in [2.24, 2.45) is 0 Å². The van der Waals surface area contributed by atoms with Crippen LogP contribution in [0, 0.1) is 10.1 Å². The predicted molar refractivity (Wildman–Crippen MR) is 65.2 cm³/mol. The molecule has 0 N–H and O–H groups in total. The number of ketones is 1. The maximum absolute atomic E-state index is 12.5. The Bertz CT molecular complexity index is 722. The van der Waals surface area contributed by atoms with Crippen molar-refractivity contribution in [2.45, 2.75) is 13.1 Å². The van der Waals surface area contributed by atoms with Crippen LogP contribution in [0.25, 0.3) is 5.69 Å². The molecule has 2 aromatic rings. The van der Waals surface area contributed by atoms with Crippen LogP contribution in [-0.2, 0) is 6.18 Å². The number of alkyl halides is 3. The van der Waals surface area contributed by atoms with E-state index in [1.54, 1.807) is 0 Å². The van der Waals surface area contributed by atoms with Crippen LogP contribution in [0.2, 0.25) is 0 Å². The number of nitro benzene ring substituents is 1. The van der Waals surface area contributed by atoms with Crippen LogP contribution >= 0.6 is 0 Å². The van der Waals surface area contributed by atoms with Gasteiger partial charge in [-0.3, -0.25) is 14.9 Å². The number of halogens is 3. The molecule has 110 valence electrons. The van der Waals surface area contributed by atoms with E-state index in [4.69, 9.17) is 0 Å². The van der Waals surface area contributed by atoms with Gasteiger partial charge in [0.1, 0.15) is 5.69 Å². The van der Waals surface area contributed by atoms with Crippen molar-refractivity contribution in [3.8, 4) is 5.69 Å². The summed E-state index contributed by atoms with van der Waals surface area (Å²) in [4.78, 5) is 21.4. The van der Waals surface area contributed by atoms with Crippen LogP contribution in [0.1, 0.15) is 23.0 Å². The molecule has 0 radical (unpaired) electrons. The van der Waals surface area contributed by atoms with Gasteiger partial charge in [-0.15, -0.1) is 0 Å². The summed E-state index contributed by atoms with van der Waals surface area (Å²) in [5.74, 6) is -0.388. The number of carbonyl (C=O) groups excluding carboxylic acids is 1. The van der Waals surface area contributed by atoms with Gasteiger partial charge in [0, 0.05) is 17.8 Å². The van der Waals surface area contributed by atoms with Crippen molar-refractivity contribution >= 4 is 11.5 Å². The van der Waals surface area contributed by atoms with Crippen molar-refractivity contribution in [3.63, 3.8) is 0 Å². The van der Waals surface area contributed by atoms with Gasteiger partial charge in [0.25, 0.3) is 5.69 Å². The molecule has 0 saturated heterocycles. The number of nitrogens with zero attached hydrogens (tertiary/aromatic N) is 3. The SMILES string of the molecule is CC(=O)c1ccc(-n2ccc(C(F)(F)F)n2)c([N+](=O)[O-])c1. The van der Waals surface area contributed by atoms with E-state index in [0.29, 0.717) is 6.07 Å². The molecule has 0 saturated carbocycles. The molecule has 1 aromatic heterocycles. The molecule has 6 nitrogen and oxygen atoms in total. The van der Waals surface area contributed by atoms with Gasteiger partial charge in [0.15, 0.2) is 11.5 Å². The molecule has 0 fully saturated rings. The molecule has 1 heterocycles. The summed E-state index contributed by atoms with van der Waals surface area (Å²) < 4.78 is 38.2. The highest BCUT2D eigenvalue weighted by atomic mass is 19.4. The lowest BCUT2D eigenvalue weighted by atomic mass is 10.1. The molecule has 0 spiro atoms. The lowest BCUT2D eigenvalue weighted by molar-refractivity contribution is -0.384. The number of hydrogen-bond donors (Lipinski definition) is 0. The van der Waals surface area contributed by atoms with Gasteiger partial charge in [0.2, 0.25) is 0 Å². The summed E-state index contributed by atoms with van der Waals surface area (Å²) in [5.41, 5.74) is -1.72. The summed E-state index contributed by atoms with van der Waals surface area (Å²) in [6, 6.07) is 4.19. The maximum Gasteiger partial charge on any atom is 0.435 e. The highest BCUT2D eigenvalue weighted by Gasteiger charge is 2.34. The lowest BCUT2D eigenvalue weighted by Gasteiger charge is -2.05. The first-order chi connectivity index (χ1) is 9.70. The highest BCUT2D eigenvalue weighted by molar-refractivity contribution is 5.95. The fraction of sp³-hybridized carbons (Fsp3) is 0.167. The molecule has 0 aliphatic rings. The molecule has 0 atom stereocenters. The Morgan fingerprint density at radius 1 is 1.33 bits per heavy atom. The number of carbonyl (C=O) groups is 1. The zero-order valence-corrected chi connectivity index (χ0v) is 10.6. The van der Waals surface area contributed by atoms with Gasteiger partial charge in [-0.1, -0.05) is 0 Å². The second-order valence-electron chi connectivity index (χ2n) is 4.16. The van der Waals surface area contributed by atoms with Gasteiger partial charge in [-0.05, 0) is 25.1 Å². The minimum Gasteiger partial charge on any atom is -0.295 e. The van der Waals surface area contributed by atoms with E-state index in [9.17, 15) is 28.1 Å². The number of rotatable bonds is 3. The summed E-state index contributed by atoms with van der Waals surface area (Å²) >= 11 is 0. The second-order valence-corrected chi connectivity index (χ2v) is 4.16. The third-order valence-corrected chi connectivity index (χ3v) is 2.70. The zero-order valence-electron chi connectivity index (χ0n) is 10.6. The quantitative estimate of drug-likeness (QED) is 0.496. The summed E-state index contributed by atoms with van der Waals surface area (Å²) in [6.45, 7) is 1.23. The molecular formula is C12H8F3N3O3. The van der Waals surface area contributed by atoms with Crippen molar-refractivity contribution in [2.75, 3.05) is 0 Å². The standard InChI is InChI=1S/C12H8F3N3O3/c1-7(19)8-2-3-9(10(6-8)18(20)21)17-5-4-11(16-17)12(13,14)15/h2-6H,1H3. The van der Waals surface area contributed by atoms with Crippen molar-refractivity contribution in [3.05, 3.63) is 51.8 Å². The van der Waals surface area contributed by atoms with E-state index in [1.165, 1.54) is 19.1 Å². The molecule has 0 unspecified atom stereocenters. The summed E-state index contributed by atoms with van der Waals surface area (Å²) in [6.07, 6.45) is -3.67. The third-order valence-electron chi connectivity index (χ3n) is 2.70. The van der Waals surface area contributed by atoms with E-state index < -0.39 is 22.5 Å². The average Bonchev–Trinajstić information content (AvgIpc) is 2.87. The minimum absolute atomic E-state index is 0.0913. The van der Waals surface area contributed by atoms with Crippen LogP contribution in [0.3, 0.4) is 0 Å². The molecule has 2 rings (SSSR count). The highest BCUT2D eigenvalue weighted by Crippen LogP contribution is 2.30. The van der Waals surface area contributed by atoms with Crippen molar-refractivity contribution < 1.29 is 22.9 Å². The molecule has 0 bridgehead atoms. The Morgan fingerprint density at radius 3 is 2.48 bits per heavy atom. The smallest absolute Gasteiger partial charge is 0.295 e. The monoisotopic (exact) mass is 299 g/mol. The zero-order chi connectivity index (χ0) is 15.8. The minimum atomic E-state index is -4.64. The number of hydrogen-bond acceptors (Lipinski definition) is 4. The summed E-state index contributed by atoms with van der Waals surface area (Å²) in [5, 5.41) is 14.3. The number of Topliss-reactive ketones (excluding diaryl/α,β-unsaturated/α-hetero) is 1. The Labute approximate surface area is 116 Å².